The summed E-state index contributed by atoms with van der Waals surface area (Å²) in [6, 6.07) is 135. The molecule has 8 heterocycles. The molecular formula is C114H72N4O2S2. The zero-order chi connectivity index (χ0) is 80.3. The molecule has 0 atom stereocenters. The Balaban J connectivity index is 0.000000128. The van der Waals surface area contributed by atoms with Crippen LogP contribution in [0.25, 0.3) is 239 Å². The van der Waals surface area contributed by atoms with Crippen molar-refractivity contribution in [2.45, 2.75) is 38.5 Å². The fourth-order valence-corrected chi connectivity index (χ4v) is 24.2. The van der Waals surface area contributed by atoms with E-state index in [1.165, 1.54) is 206 Å². The fourth-order valence-electron chi connectivity index (χ4n) is 21.8. The zero-order valence-corrected chi connectivity index (χ0v) is 68.7. The lowest BCUT2D eigenvalue weighted by Crippen LogP contribution is -2.15. The summed E-state index contributed by atoms with van der Waals surface area (Å²) in [5.41, 5.74) is 33.4. The molecule has 0 saturated carbocycles. The molecule has 0 unspecified atom stereocenters. The number of thiophene rings is 2. The summed E-state index contributed by atoms with van der Waals surface area (Å²) in [7, 11) is 0. The van der Waals surface area contributed by atoms with Crippen molar-refractivity contribution in [1.29, 1.82) is 0 Å². The first-order chi connectivity index (χ1) is 60.0. The molecule has 28 rings (SSSR count). The second-order valence-electron chi connectivity index (χ2n) is 34.5. The predicted molar refractivity (Wildman–Crippen MR) is 517 cm³/mol. The van der Waals surface area contributed by atoms with Gasteiger partial charge >= 0.3 is 0 Å². The van der Waals surface area contributed by atoms with E-state index in [4.69, 9.17) is 8.83 Å². The highest BCUT2D eigenvalue weighted by Gasteiger charge is 2.40. The quantitative estimate of drug-likeness (QED) is 0.167. The van der Waals surface area contributed by atoms with E-state index >= 15 is 0 Å². The van der Waals surface area contributed by atoms with Crippen LogP contribution < -0.4 is 0 Å². The first-order valence-corrected chi connectivity index (χ1v) is 43.8. The van der Waals surface area contributed by atoms with E-state index in [0.29, 0.717) is 0 Å². The minimum Gasteiger partial charge on any atom is -0.456 e. The molecule has 8 heteroatoms. The van der Waals surface area contributed by atoms with E-state index in [0.717, 1.165) is 55.3 Å². The van der Waals surface area contributed by atoms with Gasteiger partial charge in [-0.05, 0) is 207 Å². The summed E-state index contributed by atoms with van der Waals surface area (Å²) >= 11 is 3.83. The minimum atomic E-state index is -0.166. The van der Waals surface area contributed by atoms with Crippen LogP contribution in [-0.4, -0.2) is 18.3 Å². The molecule has 0 saturated heterocycles. The monoisotopic (exact) mass is 1590 g/mol. The van der Waals surface area contributed by atoms with Crippen molar-refractivity contribution in [3.8, 4) is 67.3 Å². The van der Waals surface area contributed by atoms with Gasteiger partial charge in [0.2, 0.25) is 0 Å². The van der Waals surface area contributed by atoms with Gasteiger partial charge in [0, 0.05) is 144 Å². The Morgan fingerprint density at radius 3 is 1.14 bits per heavy atom. The molecule has 6 nitrogen and oxygen atoms in total. The van der Waals surface area contributed by atoms with Crippen LogP contribution in [0, 0.1) is 0 Å². The number of hydrogen-bond acceptors (Lipinski definition) is 4. The molecule has 26 aromatic rings. The number of nitrogens with zero attached hydrogens (tertiary/aromatic N) is 4. The van der Waals surface area contributed by atoms with Gasteiger partial charge in [-0.2, -0.15) is 0 Å². The molecule has 0 N–H and O–H groups in total. The third-order valence-electron chi connectivity index (χ3n) is 27.4. The molecule has 2 aliphatic carbocycles. The van der Waals surface area contributed by atoms with Crippen molar-refractivity contribution in [2.24, 2.45) is 0 Å². The Morgan fingerprint density at radius 2 is 0.598 bits per heavy atom. The minimum absolute atomic E-state index is 0.141. The lowest BCUT2D eigenvalue weighted by Gasteiger charge is -2.23. The number of para-hydroxylation sites is 6. The first kappa shape index (κ1) is 68.1. The molecule has 0 aliphatic heterocycles. The van der Waals surface area contributed by atoms with Crippen LogP contribution in [0.3, 0.4) is 0 Å². The summed E-state index contributed by atoms with van der Waals surface area (Å²) in [5.74, 6) is 0. The van der Waals surface area contributed by atoms with Crippen LogP contribution in [0.5, 0.6) is 0 Å². The van der Waals surface area contributed by atoms with E-state index in [9.17, 15) is 0 Å². The number of hydrogen-bond donors (Lipinski definition) is 0. The summed E-state index contributed by atoms with van der Waals surface area (Å²) in [5, 5.41) is 20.0. The van der Waals surface area contributed by atoms with Crippen molar-refractivity contribution in [1.82, 2.24) is 18.3 Å². The van der Waals surface area contributed by atoms with Crippen molar-refractivity contribution in [3.63, 3.8) is 0 Å². The van der Waals surface area contributed by atoms with Gasteiger partial charge < -0.3 is 27.1 Å². The van der Waals surface area contributed by atoms with E-state index in [2.05, 4.69) is 386 Å². The third kappa shape index (κ3) is 9.48. The molecule has 122 heavy (non-hydrogen) atoms. The van der Waals surface area contributed by atoms with Crippen molar-refractivity contribution in [3.05, 3.63) is 386 Å². The summed E-state index contributed by atoms with van der Waals surface area (Å²) in [6.07, 6.45) is 0. The molecule has 0 spiro atoms. The van der Waals surface area contributed by atoms with Gasteiger partial charge in [0.05, 0.1) is 44.1 Å². The summed E-state index contributed by atoms with van der Waals surface area (Å²) in [6.45, 7) is 9.63. The maximum Gasteiger partial charge on any atom is 0.135 e. The second-order valence-corrected chi connectivity index (χ2v) is 36.7. The highest BCUT2D eigenvalue weighted by atomic mass is 32.1. The SMILES string of the molecule is CC1(C)c2cc(-n3c4ccccc4c4ccc(-c5ccc6c(c5)c5ccccc5n6-c5ccc6oc7ccccc7c6c5)cc43)ccc2-c2ccc3sc4ccccc4c3c21.CC1(C)c2cc(-n3c4ccccc4c4ccc(-c5ccc6c7ccccc7n(-c7ccc8oc9ccccc9c8c7)c6c5)cc43)ccc2-c2c1ccc1c2sc2ccccc21. The molecule has 0 bridgehead atoms. The van der Waals surface area contributed by atoms with Crippen LogP contribution in [0.15, 0.2) is 373 Å². The molecule has 8 aromatic heterocycles. The molecule has 2 aliphatic rings. The molecule has 0 radical (unpaired) electrons. The molecule has 0 fully saturated rings. The van der Waals surface area contributed by atoms with Crippen molar-refractivity contribution in [2.75, 3.05) is 0 Å². The third-order valence-corrected chi connectivity index (χ3v) is 29.8. The Labute approximate surface area is 708 Å². The van der Waals surface area contributed by atoms with Gasteiger partial charge in [0.25, 0.3) is 0 Å². The summed E-state index contributed by atoms with van der Waals surface area (Å²) < 4.78 is 27.7. The van der Waals surface area contributed by atoms with Crippen molar-refractivity contribution >= 4 is 194 Å². The molecule has 572 valence electrons. The number of rotatable bonds is 6. The van der Waals surface area contributed by atoms with Gasteiger partial charge in [-0.15, -0.1) is 22.7 Å². The number of furan rings is 2. The van der Waals surface area contributed by atoms with Gasteiger partial charge in [-0.25, -0.2) is 0 Å². The summed E-state index contributed by atoms with van der Waals surface area (Å²) in [4.78, 5) is 0. The zero-order valence-electron chi connectivity index (χ0n) is 67.1. The smallest absolute Gasteiger partial charge is 0.135 e. The average Bonchev–Trinajstić information content (AvgIpc) is 1.55. The topological polar surface area (TPSA) is 46.0 Å². The van der Waals surface area contributed by atoms with Gasteiger partial charge in [0.1, 0.15) is 22.3 Å². The van der Waals surface area contributed by atoms with E-state index in [1.54, 1.807) is 0 Å². The lowest BCUT2D eigenvalue weighted by molar-refractivity contribution is 0.660. The number of aromatic nitrogens is 4. The molecule has 18 aromatic carbocycles. The second kappa shape index (κ2) is 24.9. The van der Waals surface area contributed by atoms with E-state index < -0.39 is 0 Å². The largest absolute Gasteiger partial charge is 0.456 e. The van der Waals surface area contributed by atoms with E-state index in [1.807, 2.05) is 46.9 Å². The number of benzene rings is 18. The average molecular weight is 1590 g/mol. The van der Waals surface area contributed by atoms with Gasteiger partial charge in [0.15, 0.2) is 0 Å². The molecule has 0 amide bonds. The standard InChI is InChI=1S/2C57H36N2OS/c1-57(2)46-32-36(21-24-37(46)42-25-28-54-55(56(42)57)43-14-6-10-18-53(43)61-54)59-47-15-7-3-11-38(47)40-23-19-34(30-50(40)59)33-20-26-49-44(29-33)39-12-4-8-16-48(39)58(49)35-22-27-52-45(31-35)41-13-5-9-17-51(41)60-52;1-57(2)46-27-26-43-42-14-6-10-18-54(42)61-56(43)55(46)44-25-21-36(32-47(44)57)59-49-16-8-4-12-38(49)40-24-20-34(30-51(40)59)33-19-23-39-37-11-3-7-15-48(37)58(50(39)29-33)35-22-28-53-45(31-35)41-13-5-9-17-52(41)60-53/h2*3-32H,1-2H3. The van der Waals surface area contributed by atoms with Crippen LogP contribution in [0.1, 0.15) is 49.9 Å². The lowest BCUT2D eigenvalue weighted by atomic mass is 9.80. The maximum atomic E-state index is 6.24. The Morgan fingerprint density at radius 1 is 0.221 bits per heavy atom. The maximum absolute atomic E-state index is 6.24. The fraction of sp³-hybridized carbons (Fsp3) is 0.0526. The van der Waals surface area contributed by atoms with Crippen molar-refractivity contribution < 1.29 is 8.83 Å². The number of fused-ring (bicyclic) bond motifs is 32. The Bertz CT molecular complexity index is 9130. The normalized spacial score (nSPS) is 13.5. The van der Waals surface area contributed by atoms with Gasteiger partial charge in [-0.3, -0.25) is 0 Å². The van der Waals surface area contributed by atoms with Crippen LogP contribution in [0.2, 0.25) is 0 Å². The Hall–Kier alpha value is -14.8. The van der Waals surface area contributed by atoms with Crippen LogP contribution in [0.4, 0.5) is 0 Å². The van der Waals surface area contributed by atoms with E-state index in [-0.39, 0.29) is 10.8 Å². The van der Waals surface area contributed by atoms with Gasteiger partial charge in [-0.1, -0.05) is 246 Å². The molecular weight excluding hydrogens is 1520 g/mol. The van der Waals surface area contributed by atoms with Crippen LogP contribution in [-0.2, 0) is 10.8 Å². The predicted octanol–water partition coefficient (Wildman–Crippen LogP) is 32.2. The highest BCUT2D eigenvalue weighted by Crippen LogP contribution is 2.57. The van der Waals surface area contributed by atoms with Crippen LogP contribution >= 0.6 is 22.7 Å². The highest BCUT2D eigenvalue weighted by molar-refractivity contribution is 7.26. The Kier molecular flexibility index (Phi) is 13.9. The first-order valence-electron chi connectivity index (χ1n) is 42.2.